The van der Waals surface area contributed by atoms with Crippen molar-refractivity contribution in [2.24, 2.45) is 12.0 Å². The minimum Gasteiger partial charge on any atom is -0.495 e. The topological polar surface area (TPSA) is 48.5 Å². The smallest absolute Gasteiger partial charge is 0.297 e. The van der Waals surface area contributed by atoms with Crippen molar-refractivity contribution in [1.82, 2.24) is 9.36 Å². The SMILES string of the molecule is COc1c(Cl)cc(Cl)cc1C=Nc1c(C)n(C)n(-c2ccccc2)c1=O. The number of hydrogen-bond donors (Lipinski definition) is 0. The first-order valence-corrected chi connectivity index (χ1v) is 8.60. The van der Waals surface area contributed by atoms with Gasteiger partial charge in [-0.15, -0.1) is 0 Å². The van der Waals surface area contributed by atoms with E-state index in [1.54, 1.807) is 21.5 Å². The van der Waals surface area contributed by atoms with Crippen LogP contribution < -0.4 is 10.3 Å². The summed E-state index contributed by atoms with van der Waals surface area (Å²) in [6.07, 6.45) is 1.54. The second kappa shape index (κ2) is 7.40. The van der Waals surface area contributed by atoms with Crippen molar-refractivity contribution in [3.05, 3.63) is 74.1 Å². The maximum Gasteiger partial charge on any atom is 0.297 e. The van der Waals surface area contributed by atoms with Crippen LogP contribution >= 0.6 is 23.2 Å². The van der Waals surface area contributed by atoms with Gasteiger partial charge in [-0.25, -0.2) is 9.67 Å². The fraction of sp³-hybridized carbons (Fsp3) is 0.158. The molecule has 7 heteroatoms. The molecule has 1 aromatic heterocycles. The van der Waals surface area contributed by atoms with Gasteiger partial charge in [-0.1, -0.05) is 41.4 Å². The molecule has 0 aliphatic carbocycles. The first kappa shape index (κ1) is 18.3. The lowest BCUT2D eigenvalue weighted by Gasteiger charge is -2.07. The number of aliphatic imine (C=N–C) groups is 1. The first-order chi connectivity index (χ1) is 12.4. The summed E-state index contributed by atoms with van der Waals surface area (Å²) in [7, 11) is 3.34. The molecule has 3 rings (SSSR count). The van der Waals surface area contributed by atoms with Gasteiger partial charge >= 0.3 is 0 Å². The molecule has 0 aliphatic heterocycles. The molecule has 0 saturated heterocycles. The third-order valence-corrected chi connectivity index (χ3v) is 4.60. The summed E-state index contributed by atoms with van der Waals surface area (Å²) in [5.41, 5.74) is 2.24. The van der Waals surface area contributed by atoms with E-state index in [-0.39, 0.29) is 5.56 Å². The van der Waals surface area contributed by atoms with Crippen molar-refractivity contribution in [1.29, 1.82) is 0 Å². The van der Waals surface area contributed by atoms with Gasteiger partial charge in [-0.05, 0) is 31.2 Å². The van der Waals surface area contributed by atoms with Crippen LogP contribution in [0.4, 0.5) is 5.69 Å². The standard InChI is InChI=1S/C19H17Cl2N3O2/c1-12-17(19(25)24(23(12)2)15-7-5-4-6-8-15)22-11-13-9-14(20)10-16(21)18(13)26-3/h4-11H,1-3H3. The van der Waals surface area contributed by atoms with Crippen LogP contribution in [0.5, 0.6) is 5.75 Å². The summed E-state index contributed by atoms with van der Waals surface area (Å²) in [5.74, 6) is 0.455. The van der Waals surface area contributed by atoms with Gasteiger partial charge in [0.25, 0.3) is 5.56 Å². The maximum atomic E-state index is 12.9. The first-order valence-electron chi connectivity index (χ1n) is 7.85. The van der Waals surface area contributed by atoms with E-state index in [9.17, 15) is 4.79 Å². The summed E-state index contributed by atoms with van der Waals surface area (Å²) in [4.78, 5) is 17.3. The van der Waals surface area contributed by atoms with Crippen LogP contribution in [-0.4, -0.2) is 22.7 Å². The molecule has 0 atom stereocenters. The number of hydrogen-bond acceptors (Lipinski definition) is 3. The predicted molar refractivity (Wildman–Crippen MR) is 106 cm³/mol. The van der Waals surface area contributed by atoms with E-state index in [1.165, 1.54) is 13.3 Å². The number of halogens is 2. The Labute approximate surface area is 161 Å². The zero-order valence-corrected chi connectivity index (χ0v) is 16.0. The van der Waals surface area contributed by atoms with Gasteiger partial charge < -0.3 is 4.74 Å². The molecular formula is C19H17Cl2N3O2. The molecular weight excluding hydrogens is 373 g/mol. The Balaban J connectivity index is 2.10. The lowest BCUT2D eigenvalue weighted by atomic mass is 10.2. The summed E-state index contributed by atoms with van der Waals surface area (Å²) >= 11 is 12.2. The maximum absolute atomic E-state index is 12.9. The zero-order chi connectivity index (χ0) is 18.8. The van der Waals surface area contributed by atoms with Crippen LogP contribution in [0.15, 0.2) is 52.3 Å². The Morgan fingerprint density at radius 1 is 1.15 bits per heavy atom. The van der Waals surface area contributed by atoms with Crippen molar-refractivity contribution in [3.8, 4) is 11.4 Å². The highest BCUT2D eigenvalue weighted by Gasteiger charge is 2.15. The molecule has 1 heterocycles. The molecule has 0 bridgehead atoms. The van der Waals surface area contributed by atoms with E-state index in [1.807, 2.05) is 44.3 Å². The minimum atomic E-state index is -0.209. The van der Waals surface area contributed by atoms with Gasteiger partial charge in [0.1, 0.15) is 5.75 Å². The van der Waals surface area contributed by atoms with Gasteiger partial charge in [-0.3, -0.25) is 9.48 Å². The van der Waals surface area contributed by atoms with Gasteiger partial charge in [0, 0.05) is 23.8 Å². The van der Waals surface area contributed by atoms with Crippen molar-refractivity contribution >= 4 is 35.1 Å². The summed E-state index contributed by atoms with van der Waals surface area (Å²) in [5, 5.41) is 0.844. The molecule has 0 N–H and O–H groups in total. The monoisotopic (exact) mass is 389 g/mol. The van der Waals surface area contributed by atoms with E-state index in [0.29, 0.717) is 27.0 Å². The number of methoxy groups -OCH3 is 1. The molecule has 0 fully saturated rings. The summed E-state index contributed by atoms with van der Waals surface area (Å²) in [6.45, 7) is 1.84. The van der Waals surface area contributed by atoms with Crippen molar-refractivity contribution < 1.29 is 4.74 Å². The Bertz CT molecular complexity index is 1040. The molecule has 0 saturated carbocycles. The molecule has 0 spiro atoms. The number of benzene rings is 2. The molecule has 134 valence electrons. The predicted octanol–water partition coefficient (Wildman–Crippen LogP) is 4.55. The van der Waals surface area contributed by atoms with Gasteiger partial charge in [0.2, 0.25) is 0 Å². The van der Waals surface area contributed by atoms with Gasteiger partial charge in [0.05, 0.1) is 23.5 Å². The normalized spacial score (nSPS) is 11.3. The molecule has 2 aromatic carbocycles. The van der Waals surface area contributed by atoms with Crippen LogP contribution in [0.2, 0.25) is 10.0 Å². The average molecular weight is 390 g/mol. The van der Waals surface area contributed by atoms with E-state index < -0.39 is 0 Å². The number of aromatic nitrogens is 2. The second-order valence-corrected chi connectivity index (χ2v) is 6.52. The number of para-hydroxylation sites is 1. The third kappa shape index (κ3) is 3.28. The minimum absolute atomic E-state index is 0.209. The molecule has 0 amide bonds. The van der Waals surface area contributed by atoms with Crippen molar-refractivity contribution in [2.45, 2.75) is 6.92 Å². The Morgan fingerprint density at radius 3 is 2.50 bits per heavy atom. The van der Waals surface area contributed by atoms with Crippen LogP contribution in [-0.2, 0) is 7.05 Å². The van der Waals surface area contributed by atoms with Crippen molar-refractivity contribution in [3.63, 3.8) is 0 Å². The third-order valence-electron chi connectivity index (χ3n) is 4.10. The number of nitrogens with zero attached hydrogens (tertiary/aromatic N) is 3. The highest BCUT2D eigenvalue weighted by atomic mass is 35.5. The summed E-state index contributed by atoms with van der Waals surface area (Å²) < 4.78 is 8.65. The Hall–Kier alpha value is -2.50. The quantitative estimate of drug-likeness (QED) is 0.614. The zero-order valence-electron chi connectivity index (χ0n) is 14.5. The lowest BCUT2D eigenvalue weighted by Crippen LogP contribution is -2.19. The average Bonchev–Trinajstić information content (AvgIpc) is 2.83. The van der Waals surface area contributed by atoms with E-state index in [0.717, 1.165) is 11.4 Å². The highest BCUT2D eigenvalue weighted by Crippen LogP contribution is 2.31. The van der Waals surface area contributed by atoms with Crippen molar-refractivity contribution in [2.75, 3.05) is 7.11 Å². The second-order valence-electron chi connectivity index (χ2n) is 5.68. The molecule has 3 aromatic rings. The molecule has 26 heavy (non-hydrogen) atoms. The van der Waals surface area contributed by atoms with Crippen LogP contribution in [0.25, 0.3) is 5.69 Å². The molecule has 0 radical (unpaired) electrons. The fourth-order valence-corrected chi connectivity index (χ4v) is 3.31. The number of ether oxygens (including phenoxy) is 1. The molecule has 5 nitrogen and oxygen atoms in total. The van der Waals surface area contributed by atoms with E-state index in [2.05, 4.69) is 4.99 Å². The number of rotatable bonds is 4. The van der Waals surface area contributed by atoms with Crippen LogP contribution in [0.1, 0.15) is 11.3 Å². The Morgan fingerprint density at radius 2 is 1.85 bits per heavy atom. The molecule has 0 aliphatic rings. The fourth-order valence-electron chi connectivity index (χ4n) is 2.73. The Kier molecular flexibility index (Phi) is 5.20. The highest BCUT2D eigenvalue weighted by molar-refractivity contribution is 6.36. The van der Waals surface area contributed by atoms with E-state index in [4.69, 9.17) is 27.9 Å². The largest absolute Gasteiger partial charge is 0.495 e. The van der Waals surface area contributed by atoms with E-state index >= 15 is 0 Å². The van der Waals surface area contributed by atoms with Crippen LogP contribution in [0, 0.1) is 6.92 Å². The van der Waals surface area contributed by atoms with Gasteiger partial charge in [-0.2, -0.15) is 0 Å². The molecule has 0 unspecified atom stereocenters. The van der Waals surface area contributed by atoms with Gasteiger partial charge in [0.15, 0.2) is 5.69 Å². The lowest BCUT2D eigenvalue weighted by molar-refractivity contribution is 0.414. The van der Waals surface area contributed by atoms with Crippen LogP contribution in [0.3, 0.4) is 0 Å². The summed E-state index contributed by atoms with van der Waals surface area (Å²) in [6, 6.07) is 12.7.